The number of hydrogen-bond acceptors (Lipinski definition) is 2. The molecule has 1 aromatic rings. The van der Waals surface area contributed by atoms with Crippen molar-refractivity contribution in [3.63, 3.8) is 0 Å². The van der Waals surface area contributed by atoms with E-state index in [0.717, 1.165) is 19.3 Å². The molecule has 0 spiro atoms. The van der Waals surface area contributed by atoms with Gasteiger partial charge in [-0.3, -0.25) is 9.59 Å². The molecule has 0 aromatic heterocycles. The highest BCUT2D eigenvalue weighted by Crippen LogP contribution is 2.34. The molecule has 0 aliphatic heterocycles. The standard InChI is InChI=1S/C15H19NO3/c17-14(9-10-15(18)19)16-13-8-4-7-12(13)11-5-2-1-3-6-11/h1-3,5-6,12-13H,4,7-10H2,(H,16,17)(H,18,19)/t12-,13+/m0/s1. The highest BCUT2D eigenvalue weighted by Gasteiger charge is 2.29. The summed E-state index contributed by atoms with van der Waals surface area (Å²) in [6.45, 7) is 0. The first-order valence-corrected chi connectivity index (χ1v) is 6.73. The molecule has 0 unspecified atom stereocenters. The van der Waals surface area contributed by atoms with Gasteiger partial charge in [-0.2, -0.15) is 0 Å². The molecular weight excluding hydrogens is 242 g/mol. The second kappa shape index (κ2) is 6.36. The quantitative estimate of drug-likeness (QED) is 0.854. The van der Waals surface area contributed by atoms with E-state index in [9.17, 15) is 9.59 Å². The Morgan fingerprint density at radius 2 is 1.89 bits per heavy atom. The van der Waals surface area contributed by atoms with Crippen LogP contribution in [-0.2, 0) is 9.59 Å². The normalized spacial score (nSPS) is 22.1. The number of carbonyl (C=O) groups excluding carboxylic acids is 1. The van der Waals surface area contributed by atoms with Crippen LogP contribution in [0, 0.1) is 0 Å². The summed E-state index contributed by atoms with van der Waals surface area (Å²) in [5, 5.41) is 11.6. The number of nitrogens with one attached hydrogen (secondary N) is 1. The number of carbonyl (C=O) groups is 2. The zero-order valence-corrected chi connectivity index (χ0v) is 10.8. The minimum atomic E-state index is -0.929. The maximum absolute atomic E-state index is 11.7. The largest absolute Gasteiger partial charge is 0.481 e. The van der Waals surface area contributed by atoms with Gasteiger partial charge >= 0.3 is 5.97 Å². The lowest BCUT2D eigenvalue weighted by Gasteiger charge is -2.21. The number of rotatable bonds is 5. The summed E-state index contributed by atoms with van der Waals surface area (Å²) in [5.74, 6) is -0.730. The zero-order valence-electron chi connectivity index (χ0n) is 10.8. The van der Waals surface area contributed by atoms with Crippen molar-refractivity contribution in [2.24, 2.45) is 0 Å². The van der Waals surface area contributed by atoms with Crippen LogP contribution in [0.4, 0.5) is 0 Å². The number of benzene rings is 1. The van der Waals surface area contributed by atoms with E-state index >= 15 is 0 Å². The molecule has 2 atom stereocenters. The average molecular weight is 261 g/mol. The van der Waals surface area contributed by atoms with Gasteiger partial charge in [-0.15, -0.1) is 0 Å². The molecule has 1 aliphatic rings. The first kappa shape index (κ1) is 13.6. The van der Waals surface area contributed by atoms with Gasteiger partial charge in [0.1, 0.15) is 0 Å². The zero-order chi connectivity index (χ0) is 13.7. The van der Waals surface area contributed by atoms with Crippen molar-refractivity contribution in [2.45, 2.75) is 44.1 Å². The molecule has 1 aliphatic carbocycles. The second-order valence-electron chi connectivity index (χ2n) is 5.02. The Bertz CT molecular complexity index is 444. The van der Waals surface area contributed by atoms with Crippen LogP contribution in [0.1, 0.15) is 43.6 Å². The Balaban J connectivity index is 1.92. The summed E-state index contributed by atoms with van der Waals surface area (Å²) in [6, 6.07) is 10.3. The number of carboxylic acid groups (broad SMARTS) is 1. The number of aliphatic carboxylic acids is 1. The molecule has 0 saturated heterocycles. The van der Waals surface area contributed by atoms with Crippen LogP contribution in [0.3, 0.4) is 0 Å². The third kappa shape index (κ3) is 3.81. The van der Waals surface area contributed by atoms with E-state index in [1.807, 2.05) is 18.2 Å². The van der Waals surface area contributed by atoms with E-state index in [1.54, 1.807) is 0 Å². The van der Waals surface area contributed by atoms with Crippen LogP contribution in [0.5, 0.6) is 0 Å². The molecule has 4 heteroatoms. The number of amides is 1. The molecule has 1 fully saturated rings. The van der Waals surface area contributed by atoms with Gasteiger partial charge in [0, 0.05) is 18.4 Å². The molecule has 2 rings (SSSR count). The average Bonchev–Trinajstić information content (AvgIpc) is 2.85. The van der Waals surface area contributed by atoms with E-state index in [1.165, 1.54) is 5.56 Å². The van der Waals surface area contributed by atoms with Gasteiger partial charge in [0.2, 0.25) is 5.91 Å². The molecule has 4 nitrogen and oxygen atoms in total. The predicted molar refractivity (Wildman–Crippen MR) is 71.8 cm³/mol. The highest BCUT2D eigenvalue weighted by atomic mass is 16.4. The van der Waals surface area contributed by atoms with Crippen molar-refractivity contribution in [3.05, 3.63) is 35.9 Å². The van der Waals surface area contributed by atoms with Crippen molar-refractivity contribution in [2.75, 3.05) is 0 Å². The molecule has 19 heavy (non-hydrogen) atoms. The lowest BCUT2D eigenvalue weighted by Crippen LogP contribution is -2.36. The van der Waals surface area contributed by atoms with Gasteiger partial charge in [0.05, 0.1) is 6.42 Å². The molecule has 0 bridgehead atoms. The summed E-state index contributed by atoms with van der Waals surface area (Å²) >= 11 is 0. The highest BCUT2D eigenvalue weighted by molar-refractivity contribution is 5.80. The summed E-state index contributed by atoms with van der Waals surface area (Å²) in [6.07, 6.45) is 3.11. The van der Waals surface area contributed by atoms with Gasteiger partial charge in [-0.05, 0) is 18.4 Å². The Morgan fingerprint density at radius 1 is 1.16 bits per heavy atom. The Kier molecular flexibility index (Phi) is 4.55. The Hall–Kier alpha value is -1.84. The van der Waals surface area contributed by atoms with Gasteiger partial charge in [0.15, 0.2) is 0 Å². The fourth-order valence-corrected chi connectivity index (χ4v) is 2.73. The Morgan fingerprint density at radius 3 is 2.58 bits per heavy atom. The van der Waals surface area contributed by atoms with Crippen LogP contribution < -0.4 is 5.32 Å². The van der Waals surface area contributed by atoms with Crippen molar-refractivity contribution in [1.29, 1.82) is 0 Å². The molecule has 0 radical (unpaired) electrons. The first-order chi connectivity index (χ1) is 9.16. The van der Waals surface area contributed by atoms with E-state index in [2.05, 4.69) is 17.4 Å². The summed E-state index contributed by atoms with van der Waals surface area (Å²) in [7, 11) is 0. The van der Waals surface area contributed by atoms with Crippen LogP contribution in [0.2, 0.25) is 0 Å². The molecule has 102 valence electrons. The van der Waals surface area contributed by atoms with Gasteiger partial charge in [0.25, 0.3) is 0 Å². The van der Waals surface area contributed by atoms with Crippen molar-refractivity contribution >= 4 is 11.9 Å². The summed E-state index contributed by atoms with van der Waals surface area (Å²) in [5.41, 5.74) is 1.25. The second-order valence-corrected chi connectivity index (χ2v) is 5.02. The molecule has 2 N–H and O–H groups in total. The fourth-order valence-electron chi connectivity index (χ4n) is 2.73. The minimum Gasteiger partial charge on any atom is -0.481 e. The lowest BCUT2D eigenvalue weighted by molar-refractivity contribution is -0.138. The van der Waals surface area contributed by atoms with Crippen LogP contribution in [0.15, 0.2) is 30.3 Å². The molecule has 1 amide bonds. The van der Waals surface area contributed by atoms with E-state index < -0.39 is 5.97 Å². The maximum Gasteiger partial charge on any atom is 0.303 e. The van der Waals surface area contributed by atoms with Gasteiger partial charge in [-0.25, -0.2) is 0 Å². The van der Waals surface area contributed by atoms with E-state index in [4.69, 9.17) is 5.11 Å². The van der Waals surface area contributed by atoms with E-state index in [-0.39, 0.29) is 24.8 Å². The lowest BCUT2D eigenvalue weighted by atomic mass is 9.94. The third-order valence-corrected chi connectivity index (χ3v) is 3.66. The summed E-state index contributed by atoms with van der Waals surface area (Å²) < 4.78 is 0. The van der Waals surface area contributed by atoms with E-state index in [0.29, 0.717) is 5.92 Å². The van der Waals surface area contributed by atoms with Crippen molar-refractivity contribution < 1.29 is 14.7 Å². The molecule has 1 aromatic carbocycles. The fraction of sp³-hybridized carbons (Fsp3) is 0.467. The monoisotopic (exact) mass is 261 g/mol. The number of carboxylic acids is 1. The van der Waals surface area contributed by atoms with Gasteiger partial charge < -0.3 is 10.4 Å². The Labute approximate surface area is 112 Å². The maximum atomic E-state index is 11.7. The first-order valence-electron chi connectivity index (χ1n) is 6.73. The number of hydrogen-bond donors (Lipinski definition) is 2. The smallest absolute Gasteiger partial charge is 0.303 e. The molecule has 1 saturated carbocycles. The van der Waals surface area contributed by atoms with Crippen LogP contribution in [-0.4, -0.2) is 23.0 Å². The van der Waals surface area contributed by atoms with Crippen LogP contribution >= 0.6 is 0 Å². The molecular formula is C15H19NO3. The molecule has 0 heterocycles. The SMILES string of the molecule is O=C(O)CCC(=O)N[C@@H]1CCC[C@H]1c1ccccc1. The van der Waals surface area contributed by atoms with Gasteiger partial charge in [-0.1, -0.05) is 36.8 Å². The minimum absolute atomic E-state index is 0.0628. The van der Waals surface area contributed by atoms with Crippen LogP contribution in [0.25, 0.3) is 0 Å². The third-order valence-electron chi connectivity index (χ3n) is 3.66. The summed E-state index contributed by atoms with van der Waals surface area (Å²) in [4.78, 5) is 22.2. The van der Waals surface area contributed by atoms with Crippen molar-refractivity contribution in [1.82, 2.24) is 5.32 Å². The predicted octanol–water partition coefficient (Wildman–Crippen LogP) is 2.30. The van der Waals surface area contributed by atoms with Crippen molar-refractivity contribution in [3.8, 4) is 0 Å². The topological polar surface area (TPSA) is 66.4 Å².